The van der Waals surface area contributed by atoms with E-state index < -0.39 is 5.97 Å². The van der Waals surface area contributed by atoms with Crippen molar-refractivity contribution in [3.05, 3.63) is 53.8 Å². The van der Waals surface area contributed by atoms with Crippen LogP contribution in [0.4, 0.5) is 10.1 Å². The van der Waals surface area contributed by atoms with E-state index in [1.54, 1.807) is 35.2 Å². The second-order valence-corrected chi connectivity index (χ2v) is 6.46. The van der Waals surface area contributed by atoms with Crippen molar-refractivity contribution < 1.29 is 28.2 Å². The molecule has 7 nitrogen and oxygen atoms in total. The van der Waals surface area contributed by atoms with Crippen LogP contribution in [-0.2, 0) is 9.53 Å². The van der Waals surface area contributed by atoms with Crippen LogP contribution in [0.1, 0.15) is 10.4 Å². The zero-order chi connectivity index (χ0) is 20.8. The molecule has 1 fully saturated rings. The lowest BCUT2D eigenvalue weighted by atomic mass is 10.2. The van der Waals surface area contributed by atoms with Crippen molar-refractivity contribution in [1.29, 1.82) is 0 Å². The number of methoxy groups -OCH3 is 2. The van der Waals surface area contributed by atoms with E-state index in [-0.39, 0.29) is 23.9 Å². The number of hydrogen-bond donors (Lipinski definition) is 0. The Balaban J connectivity index is 1.54. The zero-order valence-electron chi connectivity index (χ0n) is 16.4. The molecule has 0 N–H and O–H groups in total. The van der Waals surface area contributed by atoms with Crippen LogP contribution in [0, 0.1) is 5.82 Å². The Bertz CT molecular complexity index is 842. The molecule has 0 radical (unpaired) electrons. The number of carbonyl (C=O) groups excluding carboxylic acids is 2. The van der Waals surface area contributed by atoms with Crippen LogP contribution in [0.3, 0.4) is 0 Å². The van der Waals surface area contributed by atoms with Gasteiger partial charge in [-0.2, -0.15) is 0 Å². The number of piperazine rings is 1. The maximum Gasteiger partial charge on any atom is 0.346 e. The average Bonchev–Trinajstić information content (AvgIpc) is 2.77. The highest BCUT2D eigenvalue weighted by molar-refractivity contribution is 5.96. The van der Waals surface area contributed by atoms with Crippen LogP contribution in [-0.4, -0.2) is 63.8 Å². The third-order valence-electron chi connectivity index (χ3n) is 4.78. The summed E-state index contributed by atoms with van der Waals surface area (Å²) >= 11 is 0. The van der Waals surface area contributed by atoms with E-state index in [0.29, 0.717) is 37.7 Å². The molecular weight excluding hydrogens is 379 g/mol. The smallest absolute Gasteiger partial charge is 0.346 e. The predicted octanol–water partition coefficient (Wildman–Crippen LogP) is 2.35. The van der Waals surface area contributed by atoms with E-state index in [1.165, 1.54) is 26.4 Å². The number of amides is 1. The van der Waals surface area contributed by atoms with Crippen LogP contribution in [0.15, 0.2) is 42.5 Å². The Hall–Kier alpha value is -3.29. The molecule has 8 heteroatoms. The quantitative estimate of drug-likeness (QED) is 0.691. The molecule has 154 valence electrons. The molecule has 3 rings (SSSR count). The van der Waals surface area contributed by atoms with E-state index in [1.807, 2.05) is 0 Å². The summed E-state index contributed by atoms with van der Waals surface area (Å²) in [6.07, 6.45) is 0. The second kappa shape index (κ2) is 9.27. The van der Waals surface area contributed by atoms with E-state index in [2.05, 4.69) is 4.90 Å². The lowest BCUT2D eigenvalue weighted by molar-refractivity contribution is -0.134. The fourth-order valence-electron chi connectivity index (χ4n) is 3.21. The predicted molar refractivity (Wildman–Crippen MR) is 105 cm³/mol. The van der Waals surface area contributed by atoms with Crippen molar-refractivity contribution in [2.45, 2.75) is 0 Å². The molecule has 1 saturated heterocycles. The maximum atomic E-state index is 13.1. The van der Waals surface area contributed by atoms with Crippen molar-refractivity contribution in [2.24, 2.45) is 0 Å². The minimum Gasteiger partial charge on any atom is -0.496 e. The van der Waals surface area contributed by atoms with Gasteiger partial charge in [-0.15, -0.1) is 0 Å². The monoisotopic (exact) mass is 402 g/mol. The summed E-state index contributed by atoms with van der Waals surface area (Å²) in [5, 5.41) is 0. The highest BCUT2D eigenvalue weighted by Gasteiger charge is 2.24. The molecule has 0 saturated carbocycles. The Kier molecular flexibility index (Phi) is 6.54. The first-order valence-electron chi connectivity index (χ1n) is 9.20. The highest BCUT2D eigenvalue weighted by atomic mass is 19.1. The number of halogens is 1. The number of ether oxygens (including phenoxy) is 3. The molecule has 1 aliphatic rings. The molecule has 0 bridgehead atoms. The van der Waals surface area contributed by atoms with Crippen molar-refractivity contribution >= 4 is 17.6 Å². The van der Waals surface area contributed by atoms with Gasteiger partial charge < -0.3 is 24.0 Å². The number of rotatable bonds is 6. The Morgan fingerprint density at radius 1 is 0.931 bits per heavy atom. The standard InChI is InChI=1S/C21H23FN2O5/c1-27-17-4-3-5-18(28-2)20(17)21(26)29-14-19(25)24-12-10-23(11-13-24)16-8-6-15(22)7-9-16/h3-9H,10-14H2,1-2H3. The molecule has 2 aromatic carbocycles. The number of esters is 1. The maximum absolute atomic E-state index is 13.1. The van der Waals surface area contributed by atoms with E-state index in [0.717, 1.165) is 5.69 Å². The molecule has 29 heavy (non-hydrogen) atoms. The second-order valence-electron chi connectivity index (χ2n) is 6.46. The first-order chi connectivity index (χ1) is 14.0. The van der Waals surface area contributed by atoms with Gasteiger partial charge in [-0.05, 0) is 36.4 Å². The topological polar surface area (TPSA) is 68.3 Å². The van der Waals surface area contributed by atoms with Gasteiger partial charge >= 0.3 is 5.97 Å². The van der Waals surface area contributed by atoms with Gasteiger partial charge in [0, 0.05) is 31.9 Å². The largest absolute Gasteiger partial charge is 0.496 e. The molecule has 0 spiro atoms. The van der Waals surface area contributed by atoms with E-state index >= 15 is 0 Å². The molecule has 0 unspecified atom stereocenters. The van der Waals surface area contributed by atoms with Gasteiger partial charge in [0.2, 0.25) is 0 Å². The number of carbonyl (C=O) groups is 2. The van der Waals surface area contributed by atoms with Crippen LogP contribution in [0.5, 0.6) is 11.5 Å². The van der Waals surface area contributed by atoms with Gasteiger partial charge in [-0.1, -0.05) is 6.07 Å². The Labute approximate surface area is 168 Å². The van der Waals surface area contributed by atoms with Gasteiger partial charge in [-0.25, -0.2) is 9.18 Å². The van der Waals surface area contributed by atoms with Crippen molar-refractivity contribution in [3.8, 4) is 11.5 Å². The number of anilines is 1. The van der Waals surface area contributed by atoms with Gasteiger partial charge in [0.25, 0.3) is 5.91 Å². The number of hydrogen-bond acceptors (Lipinski definition) is 6. The van der Waals surface area contributed by atoms with Crippen LogP contribution in [0.25, 0.3) is 0 Å². The van der Waals surface area contributed by atoms with Crippen molar-refractivity contribution in [3.63, 3.8) is 0 Å². The van der Waals surface area contributed by atoms with Gasteiger partial charge in [0.1, 0.15) is 22.9 Å². The van der Waals surface area contributed by atoms with Crippen LogP contribution in [0.2, 0.25) is 0 Å². The van der Waals surface area contributed by atoms with E-state index in [4.69, 9.17) is 14.2 Å². The third-order valence-corrected chi connectivity index (χ3v) is 4.78. The van der Waals surface area contributed by atoms with Crippen molar-refractivity contribution in [1.82, 2.24) is 4.90 Å². The summed E-state index contributed by atoms with van der Waals surface area (Å²) in [5.41, 5.74) is 1.06. The minimum absolute atomic E-state index is 0.145. The first-order valence-corrected chi connectivity index (χ1v) is 9.20. The Morgan fingerprint density at radius 3 is 2.07 bits per heavy atom. The number of nitrogens with zero attached hydrogens (tertiary/aromatic N) is 2. The van der Waals surface area contributed by atoms with Gasteiger partial charge in [0.05, 0.1) is 14.2 Å². The van der Waals surface area contributed by atoms with Gasteiger partial charge in [0.15, 0.2) is 6.61 Å². The van der Waals surface area contributed by atoms with Crippen LogP contribution >= 0.6 is 0 Å². The summed E-state index contributed by atoms with van der Waals surface area (Å²) in [4.78, 5) is 28.6. The molecule has 2 aromatic rings. The molecule has 0 aliphatic carbocycles. The molecule has 1 heterocycles. The fourth-order valence-corrected chi connectivity index (χ4v) is 3.21. The molecule has 0 atom stereocenters. The molecule has 1 amide bonds. The van der Waals surface area contributed by atoms with Crippen LogP contribution < -0.4 is 14.4 Å². The zero-order valence-corrected chi connectivity index (χ0v) is 16.4. The lowest BCUT2D eigenvalue weighted by Crippen LogP contribution is -2.49. The number of benzene rings is 2. The SMILES string of the molecule is COc1cccc(OC)c1C(=O)OCC(=O)N1CCN(c2ccc(F)cc2)CC1. The fraction of sp³-hybridized carbons (Fsp3) is 0.333. The Morgan fingerprint density at radius 2 is 1.52 bits per heavy atom. The average molecular weight is 402 g/mol. The third kappa shape index (κ3) is 4.77. The molecule has 0 aromatic heterocycles. The van der Waals surface area contributed by atoms with Crippen molar-refractivity contribution in [2.75, 3.05) is 51.9 Å². The lowest BCUT2D eigenvalue weighted by Gasteiger charge is -2.36. The van der Waals surface area contributed by atoms with Gasteiger partial charge in [-0.3, -0.25) is 4.79 Å². The molecule has 1 aliphatic heterocycles. The summed E-state index contributed by atoms with van der Waals surface area (Å²) in [5.74, 6) is -0.607. The highest BCUT2D eigenvalue weighted by Crippen LogP contribution is 2.28. The minimum atomic E-state index is -0.683. The first kappa shape index (κ1) is 20.4. The summed E-state index contributed by atoms with van der Waals surface area (Å²) in [6, 6.07) is 11.2. The normalized spacial score (nSPS) is 13.8. The summed E-state index contributed by atoms with van der Waals surface area (Å²) < 4.78 is 28.6. The summed E-state index contributed by atoms with van der Waals surface area (Å²) in [7, 11) is 2.88. The summed E-state index contributed by atoms with van der Waals surface area (Å²) in [6.45, 7) is 1.85. The molecular formula is C21H23FN2O5. The van der Waals surface area contributed by atoms with E-state index in [9.17, 15) is 14.0 Å².